The highest BCUT2D eigenvalue weighted by atomic mass is 32.2. The number of benzene rings is 3. The molecule has 0 aliphatic rings. The number of ether oxygens (including phenoxy) is 1. The first kappa shape index (κ1) is 22.7. The van der Waals surface area contributed by atoms with E-state index in [9.17, 15) is 30.4 Å². The van der Waals surface area contributed by atoms with E-state index < -0.39 is 39.3 Å². The summed E-state index contributed by atoms with van der Waals surface area (Å²) in [6.45, 7) is 0. The lowest BCUT2D eigenvalue weighted by Crippen LogP contribution is -2.05. The van der Waals surface area contributed by atoms with Crippen molar-refractivity contribution in [2.75, 3.05) is 6.26 Å². The number of hydrogen-bond acceptors (Lipinski definition) is 4. The Kier molecular flexibility index (Phi) is 5.61. The van der Waals surface area contributed by atoms with E-state index in [1.807, 2.05) is 0 Å². The van der Waals surface area contributed by atoms with Gasteiger partial charge in [0.1, 0.15) is 17.0 Å². The Bertz CT molecular complexity index is 1450. The van der Waals surface area contributed by atoms with Crippen molar-refractivity contribution in [2.45, 2.75) is 17.5 Å². The number of aromatic nitrogens is 2. The number of halogens is 5. The maximum absolute atomic E-state index is 13.7. The van der Waals surface area contributed by atoms with E-state index in [4.69, 9.17) is 4.74 Å². The molecular weight excluding hydrogens is 467 g/mol. The minimum Gasteiger partial charge on any atom is -0.457 e. The Morgan fingerprint density at radius 3 is 2.21 bits per heavy atom. The maximum Gasteiger partial charge on any atom is 0.418 e. The van der Waals surface area contributed by atoms with E-state index in [1.54, 1.807) is 0 Å². The molecule has 4 aromatic rings. The Labute approximate surface area is 185 Å². The quantitative estimate of drug-likeness (QED) is 0.319. The summed E-state index contributed by atoms with van der Waals surface area (Å²) in [5.41, 5.74) is -1.75. The molecule has 0 aliphatic carbocycles. The van der Waals surface area contributed by atoms with Crippen molar-refractivity contribution in [2.24, 2.45) is 0 Å². The zero-order valence-electron chi connectivity index (χ0n) is 16.8. The van der Waals surface area contributed by atoms with Crippen LogP contribution in [0.25, 0.3) is 16.7 Å². The van der Waals surface area contributed by atoms with E-state index in [0.717, 1.165) is 23.0 Å². The standard InChI is InChI=1S/C22H15F5N2O3S/c1-33(30,31)16-8-3-7-15(12-16)32-14-6-2-5-13(11-14)29-18-10-4-9-17(22(25,26)27)19(18)28-21(29)20(23)24/h2-12,20H,1H3. The van der Waals surface area contributed by atoms with Crippen molar-refractivity contribution in [3.05, 3.63) is 78.1 Å². The Hall–Kier alpha value is -3.47. The molecule has 1 aromatic heterocycles. The minimum atomic E-state index is -4.77. The average molecular weight is 482 g/mol. The van der Waals surface area contributed by atoms with Gasteiger partial charge < -0.3 is 4.74 Å². The third-order valence-electron chi connectivity index (χ3n) is 4.76. The highest BCUT2D eigenvalue weighted by molar-refractivity contribution is 7.90. The maximum atomic E-state index is 13.7. The minimum absolute atomic E-state index is 0.0245. The van der Waals surface area contributed by atoms with Crippen molar-refractivity contribution < 1.29 is 35.1 Å². The summed E-state index contributed by atoms with van der Waals surface area (Å²) in [7, 11) is -3.48. The second-order valence-electron chi connectivity index (χ2n) is 7.12. The summed E-state index contributed by atoms with van der Waals surface area (Å²) in [5, 5.41) is 0. The molecule has 0 N–H and O–H groups in total. The zero-order valence-corrected chi connectivity index (χ0v) is 17.7. The Balaban J connectivity index is 1.82. The number of rotatable bonds is 5. The van der Waals surface area contributed by atoms with E-state index in [1.165, 1.54) is 54.6 Å². The number of para-hydroxylation sites is 1. The highest BCUT2D eigenvalue weighted by Gasteiger charge is 2.35. The first-order chi connectivity index (χ1) is 15.4. The molecule has 5 nitrogen and oxygen atoms in total. The number of fused-ring (bicyclic) bond motifs is 1. The molecular formula is C22H15F5N2O3S. The number of alkyl halides is 5. The number of hydrogen-bond donors (Lipinski definition) is 0. The molecule has 0 radical (unpaired) electrons. The Morgan fingerprint density at radius 1 is 0.939 bits per heavy atom. The van der Waals surface area contributed by atoms with E-state index in [0.29, 0.717) is 0 Å². The molecule has 3 aromatic carbocycles. The van der Waals surface area contributed by atoms with Crippen LogP contribution in [-0.2, 0) is 16.0 Å². The number of nitrogens with zero attached hydrogens (tertiary/aromatic N) is 2. The van der Waals surface area contributed by atoms with Crippen LogP contribution >= 0.6 is 0 Å². The first-order valence-corrected chi connectivity index (χ1v) is 11.3. The summed E-state index contributed by atoms with van der Waals surface area (Å²) in [6, 6.07) is 14.6. The normalized spacial score (nSPS) is 12.5. The van der Waals surface area contributed by atoms with Gasteiger partial charge in [0.05, 0.1) is 21.7 Å². The third kappa shape index (κ3) is 4.54. The molecule has 0 bridgehead atoms. The fraction of sp³-hybridized carbons (Fsp3) is 0.136. The lowest BCUT2D eigenvalue weighted by molar-refractivity contribution is -0.136. The van der Waals surface area contributed by atoms with Crippen molar-refractivity contribution in [1.82, 2.24) is 9.55 Å². The summed E-state index contributed by atoms with van der Waals surface area (Å²) in [6.07, 6.45) is -6.87. The topological polar surface area (TPSA) is 61.2 Å². The molecule has 0 spiro atoms. The first-order valence-electron chi connectivity index (χ1n) is 9.40. The molecule has 0 atom stereocenters. The van der Waals surface area contributed by atoms with Crippen LogP contribution in [0.15, 0.2) is 71.6 Å². The molecule has 172 valence electrons. The van der Waals surface area contributed by atoms with Crippen molar-refractivity contribution >= 4 is 20.9 Å². The summed E-state index contributed by atoms with van der Waals surface area (Å²) in [4.78, 5) is 3.62. The SMILES string of the molecule is CS(=O)(=O)c1cccc(Oc2cccc(-n3c(C(F)F)nc4c(C(F)(F)F)cccc43)c2)c1. The summed E-state index contributed by atoms with van der Waals surface area (Å²) >= 11 is 0. The smallest absolute Gasteiger partial charge is 0.418 e. The molecule has 1 heterocycles. The molecule has 0 unspecified atom stereocenters. The van der Waals surface area contributed by atoms with Crippen molar-refractivity contribution in [3.8, 4) is 17.2 Å². The van der Waals surface area contributed by atoms with Crippen molar-refractivity contribution in [1.29, 1.82) is 0 Å². The summed E-state index contributed by atoms with van der Waals surface area (Å²) in [5.74, 6) is -0.510. The van der Waals surface area contributed by atoms with Gasteiger partial charge in [-0.15, -0.1) is 0 Å². The zero-order chi connectivity index (χ0) is 24.0. The molecule has 0 fully saturated rings. The lowest BCUT2D eigenvalue weighted by atomic mass is 10.1. The van der Waals surface area contributed by atoms with Crippen LogP contribution < -0.4 is 4.74 Å². The number of imidazole rings is 1. The van der Waals surface area contributed by atoms with Crippen LogP contribution in [-0.4, -0.2) is 24.2 Å². The van der Waals surface area contributed by atoms with Crippen LogP contribution in [0.3, 0.4) is 0 Å². The average Bonchev–Trinajstić information content (AvgIpc) is 3.13. The molecule has 4 rings (SSSR count). The largest absolute Gasteiger partial charge is 0.457 e. The van der Waals surface area contributed by atoms with Gasteiger partial charge in [0, 0.05) is 12.3 Å². The van der Waals surface area contributed by atoms with Gasteiger partial charge in [0.25, 0.3) is 6.43 Å². The molecule has 33 heavy (non-hydrogen) atoms. The lowest BCUT2D eigenvalue weighted by Gasteiger charge is -2.12. The predicted molar refractivity (Wildman–Crippen MR) is 111 cm³/mol. The predicted octanol–water partition coefficient (Wildman–Crippen LogP) is 6.18. The van der Waals surface area contributed by atoms with Crippen LogP contribution in [0, 0.1) is 0 Å². The van der Waals surface area contributed by atoms with Crippen LogP contribution in [0.1, 0.15) is 17.8 Å². The van der Waals surface area contributed by atoms with Crippen LogP contribution in [0.4, 0.5) is 22.0 Å². The van der Waals surface area contributed by atoms with Gasteiger partial charge in [0.2, 0.25) is 0 Å². The van der Waals surface area contributed by atoms with E-state index in [2.05, 4.69) is 4.98 Å². The molecule has 11 heteroatoms. The highest BCUT2D eigenvalue weighted by Crippen LogP contribution is 2.37. The monoisotopic (exact) mass is 482 g/mol. The third-order valence-corrected chi connectivity index (χ3v) is 5.87. The summed E-state index contributed by atoms with van der Waals surface area (Å²) < 4.78 is 97.7. The molecule has 0 saturated carbocycles. The van der Waals surface area contributed by atoms with E-state index >= 15 is 0 Å². The molecule has 0 saturated heterocycles. The van der Waals surface area contributed by atoms with Gasteiger partial charge >= 0.3 is 6.18 Å². The second-order valence-corrected chi connectivity index (χ2v) is 9.14. The van der Waals surface area contributed by atoms with Crippen molar-refractivity contribution in [3.63, 3.8) is 0 Å². The molecule has 0 aliphatic heterocycles. The van der Waals surface area contributed by atoms with Crippen LogP contribution in [0.2, 0.25) is 0 Å². The van der Waals surface area contributed by atoms with Gasteiger partial charge in [-0.05, 0) is 42.5 Å². The van der Waals surface area contributed by atoms with Gasteiger partial charge in [-0.2, -0.15) is 13.2 Å². The fourth-order valence-electron chi connectivity index (χ4n) is 3.35. The fourth-order valence-corrected chi connectivity index (χ4v) is 4.01. The van der Waals surface area contributed by atoms with E-state index in [-0.39, 0.29) is 27.6 Å². The van der Waals surface area contributed by atoms with Gasteiger partial charge in [-0.1, -0.05) is 18.2 Å². The van der Waals surface area contributed by atoms with Gasteiger partial charge in [0.15, 0.2) is 15.7 Å². The Morgan fingerprint density at radius 2 is 1.58 bits per heavy atom. The van der Waals surface area contributed by atoms with Gasteiger partial charge in [-0.25, -0.2) is 22.2 Å². The van der Waals surface area contributed by atoms with Gasteiger partial charge in [-0.3, -0.25) is 4.57 Å². The van der Waals surface area contributed by atoms with Crippen LogP contribution in [0.5, 0.6) is 11.5 Å². The molecule has 0 amide bonds. The second kappa shape index (κ2) is 8.14. The number of sulfone groups is 1.